The van der Waals surface area contributed by atoms with E-state index in [1.165, 1.54) is 6.08 Å². The number of thioether (sulfide) groups is 1. The first-order valence-corrected chi connectivity index (χ1v) is 4.50. The summed E-state index contributed by atoms with van der Waals surface area (Å²) in [6.45, 7) is 2.11. The third-order valence-corrected chi connectivity index (χ3v) is 1.84. The minimum absolute atomic E-state index is 0.907. The number of carbonyl (C=O) groups is 1. The molecule has 0 aromatic carbocycles. The van der Waals surface area contributed by atoms with Gasteiger partial charge in [0.25, 0.3) is 0 Å². The van der Waals surface area contributed by atoms with Gasteiger partial charge in [0.15, 0.2) is 0 Å². The molecule has 0 aliphatic rings. The standard InChI is InChI=1S/C8H12O2S/c1-2-6-11-7-4-3-5-8(9)10/h3-5,7H,2,6H2,1H3,(H,9,10)/b5-3+,7-4+. The summed E-state index contributed by atoms with van der Waals surface area (Å²) in [7, 11) is 0. The number of aliphatic carboxylic acids is 1. The summed E-state index contributed by atoms with van der Waals surface area (Å²) < 4.78 is 0. The lowest BCUT2D eigenvalue weighted by Gasteiger charge is -1.85. The molecule has 0 fully saturated rings. The van der Waals surface area contributed by atoms with Crippen LogP contribution in [0, 0.1) is 0 Å². The highest BCUT2D eigenvalue weighted by Crippen LogP contribution is 2.02. The molecule has 11 heavy (non-hydrogen) atoms. The van der Waals surface area contributed by atoms with E-state index in [0.717, 1.165) is 18.2 Å². The predicted octanol–water partition coefficient (Wildman–Crippen LogP) is 2.28. The molecule has 0 bridgehead atoms. The highest BCUT2D eigenvalue weighted by Gasteiger charge is 1.80. The predicted molar refractivity (Wildman–Crippen MR) is 48.7 cm³/mol. The Kier molecular flexibility index (Phi) is 6.94. The maximum atomic E-state index is 9.96. The van der Waals surface area contributed by atoms with E-state index in [4.69, 9.17) is 5.11 Å². The summed E-state index contributed by atoms with van der Waals surface area (Å²) in [6, 6.07) is 0. The number of allylic oxidation sites excluding steroid dienone is 2. The third-order valence-electron chi connectivity index (χ3n) is 0.847. The number of carboxylic acid groups (broad SMARTS) is 1. The minimum Gasteiger partial charge on any atom is -0.478 e. The average Bonchev–Trinajstić information content (AvgIpc) is 1.96. The fourth-order valence-corrected chi connectivity index (χ4v) is 0.998. The van der Waals surface area contributed by atoms with Crippen LogP contribution in [0.4, 0.5) is 0 Å². The van der Waals surface area contributed by atoms with E-state index < -0.39 is 5.97 Å². The van der Waals surface area contributed by atoms with Crippen molar-refractivity contribution in [3.8, 4) is 0 Å². The molecule has 3 heteroatoms. The van der Waals surface area contributed by atoms with Crippen LogP contribution in [0.3, 0.4) is 0 Å². The second kappa shape index (κ2) is 7.41. The molecule has 0 saturated carbocycles. The van der Waals surface area contributed by atoms with Gasteiger partial charge in [-0.1, -0.05) is 19.1 Å². The average molecular weight is 172 g/mol. The summed E-state index contributed by atoms with van der Waals surface area (Å²) in [5, 5.41) is 10.1. The Hall–Kier alpha value is -0.700. The number of hydrogen-bond donors (Lipinski definition) is 1. The second-order valence-corrected chi connectivity index (χ2v) is 2.91. The lowest BCUT2D eigenvalue weighted by atomic mass is 10.5. The van der Waals surface area contributed by atoms with E-state index >= 15 is 0 Å². The van der Waals surface area contributed by atoms with Crippen LogP contribution >= 0.6 is 11.8 Å². The monoisotopic (exact) mass is 172 g/mol. The van der Waals surface area contributed by atoms with Crippen LogP contribution in [0.25, 0.3) is 0 Å². The maximum absolute atomic E-state index is 9.96. The van der Waals surface area contributed by atoms with Crippen molar-refractivity contribution in [1.82, 2.24) is 0 Å². The van der Waals surface area contributed by atoms with E-state index in [1.807, 2.05) is 5.41 Å². The van der Waals surface area contributed by atoms with Gasteiger partial charge >= 0.3 is 5.97 Å². The van der Waals surface area contributed by atoms with Crippen molar-refractivity contribution >= 4 is 17.7 Å². The van der Waals surface area contributed by atoms with Gasteiger partial charge in [-0.15, -0.1) is 11.8 Å². The maximum Gasteiger partial charge on any atom is 0.328 e. The smallest absolute Gasteiger partial charge is 0.328 e. The van der Waals surface area contributed by atoms with Crippen molar-refractivity contribution in [2.24, 2.45) is 0 Å². The van der Waals surface area contributed by atoms with Gasteiger partial charge in [-0.3, -0.25) is 0 Å². The molecule has 62 valence electrons. The first-order valence-electron chi connectivity index (χ1n) is 3.45. The molecular formula is C8H12O2S. The molecular weight excluding hydrogens is 160 g/mol. The lowest BCUT2D eigenvalue weighted by Crippen LogP contribution is -1.84. The van der Waals surface area contributed by atoms with Crippen molar-refractivity contribution in [2.75, 3.05) is 5.75 Å². The normalized spacial score (nSPS) is 11.4. The van der Waals surface area contributed by atoms with Crippen LogP contribution in [0.15, 0.2) is 23.6 Å². The van der Waals surface area contributed by atoms with Gasteiger partial charge in [0.2, 0.25) is 0 Å². The Bertz CT molecular complexity index is 161. The highest BCUT2D eigenvalue weighted by atomic mass is 32.2. The molecule has 0 unspecified atom stereocenters. The summed E-state index contributed by atoms with van der Waals surface area (Å²) >= 11 is 1.68. The van der Waals surface area contributed by atoms with Crippen LogP contribution in [-0.4, -0.2) is 16.8 Å². The minimum atomic E-state index is -0.907. The summed E-state index contributed by atoms with van der Waals surface area (Å²) in [6.07, 6.45) is 5.50. The summed E-state index contributed by atoms with van der Waals surface area (Å²) in [5.41, 5.74) is 0. The van der Waals surface area contributed by atoms with Crippen LogP contribution in [0.2, 0.25) is 0 Å². The molecule has 0 saturated heterocycles. The molecule has 0 aliphatic heterocycles. The van der Waals surface area contributed by atoms with Crippen molar-refractivity contribution in [3.05, 3.63) is 23.6 Å². The molecule has 0 aliphatic carbocycles. The Balaban J connectivity index is 3.36. The Morgan fingerprint density at radius 3 is 2.82 bits per heavy atom. The van der Waals surface area contributed by atoms with E-state index in [-0.39, 0.29) is 0 Å². The van der Waals surface area contributed by atoms with Crippen LogP contribution in [0.5, 0.6) is 0 Å². The first kappa shape index (κ1) is 10.3. The summed E-state index contributed by atoms with van der Waals surface area (Å²) in [5.74, 6) is 0.173. The zero-order valence-corrected chi connectivity index (χ0v) is 7.30. The number of carboxylic acids is 1. The Morgan fingerprint density at radius 1 is 1.55 bits per heavy atom. The van der Waals surface area contributed by atoms with Crippen LogP contribution in [0.1, 0.15) is 13.3 Å². The lowest BCUT2D eigenvalue weighted by molar-refractivity contribution is -0.131. The number of rotatable bonds is 5. The molecule has 2 nitrogen and oxygen atoms in total. The molecule has 0 radical (unpaired) electrons. The van der Waals surface area contributed by atoms with Crippen LogP contribution in [-0.2, 0) is 4.79 Å². The SMILES string of the molecule is CCCS/C=C/C=C/C(=O)O. The van der Waals surface area contributed by atoms with E-state index in [2.05, 4.69) is 6.92 Å². The van der Waals surface area contributed by atoms with Gasteiger partial charge in [0, 0.05) is 6.08 Å². The molecule has 0 atom stereocenters. The van der Waals surface area contributed by atoms with Crippen molar-refractivity contribution in [3.63, 3.8) is 0 Å². The molecule has 0 rings (SSSR count). The van der Waals surface area contributed by atoms with E-state index in [1.54, 1.807) is 17.8 Å². The topological polar surface area (TPSA) is 37.3 Å². The zero-order valence-electron chi connectivity index (χ0n) is 6.49. The molecule has 0 amide bonds. The summed E-state index contributed by atoms with van der Waals surface area (Å²) in [4.78, 5) is 9.96. The van der Waals surface area contributed by atoms with Gasteiger partial charge < -0.3 is 5.11 Å². The van der Waals surface area contributed by atoms with Crippen molar-refractivity contribution < 1.29 is 9.90 Å². The van der Waals surface area contributed by atoms with E-state index in [0.29, 0.717) is 0 Å². The van der Waals surface area contributed by atoms with Crippen molar-refractivity contribution in [1.29, 1.82) is 0 Å². The second-order valence-electron chi connectivity index (χ2n) is 1.90. The van der Waals surface area contributed by atoms with Gasteiger partial charge in [0.1, 0.15) is 0 Å². The van der Waals surface area contributed by atoms with Gasteiger partial charge in [-0.25, -0.2) is 4.79 Å². The zero-order chi connectivity index (χ0) is 8.53. The first-order chi connectivity index (χ1) is 5.27. The molecule has 0 spiro atoms. The van der Waals surface area contributed by atoms with Gasteiger partial charge in [0.05, 0.1) is 0 Å². The fraction of sp³-hybridized carbons (Fsp3) is 0.375. The molecule has 0 aromatic heterocycles. The number of hydrogen-bond acceptors (Lipinski definition) is 2. The Labute approximate surface area is 71.0 Å². The largest absolute Gasteiger partial charge is 0.478 e. The fourth-order valence-electron chi connectivity index (χ4n) is 0.425. The van der Waals surface area contributed by atoms with E-state index in [9.17, 15) is 4.79 Å². The molecule has 0 aromatic rings. The third kappa shape index (κ3) is 9.30. The quantitative estimate of drug-likeness (QED) is 0.393. The molecule has 0 heterocycles. The van der Waals surface area contributed by atoms with Gasteiger partial charge in [-0.2, -0.15) is 0 Å². The Morgan fingerprint density at radius 2 is 2.27 bits per heavy atom. The molecule has 1 N–H and O–H groups in total. The highest BCUT2D eigenvalue weighted by molar-refractivity contribution is 8.02. The van der Waals surface area contributed by atoms with Crippen LogP contribution < -0.4 is 0 Å². The van der Waals surface area contributed by atoms with Gasteiger partial charge in [-0.05, 0) is 17.6 Å². The van der Waals surface area contributed by atoms with Crippen molar-refractivity contribution in [2.45, 2.75) is 13.3 Å².